The van der Waals surface area contributed by atoms with Gasteiger partial charge in [0.05, 0.1) is 23.7 Å². The number of sulfonamides is 1. The minimum Gasteiger partial charge on any atom is -0.457 e. The van der Waals surface area contributed by atoms with E-state index in [1.165, 1.54) is 4.31 Å². The van der Waals surface area contributed by atoms with E-state index in [1.54, 1.807) is 24.3 Å². The van der Waals surface area contributed by atoms with Crippen LogP contribution in [0.25, 0.3) is 0 Å². The molecule has 0 spiro atoms. The highest BCUT2D eigenvalue weighted by molar-refractivity contribution is 7.89. The molecule has 1 unspecified atom stereocenters. The van der Waals surface area contributed by atoms with Gasteiger partial charge in [0, 0.05) is 18.5 Å². The molecule has 2 aromatic carbocycles. The Bertz CT molecular complexity index is 1080. The molecule has 158 valence electrons. The summed E-state index contributed by atoms with van der Waals surface area (Å²) in [5.74, 6) is -0.450. The number of carbonyl (C=O) groups excluding carboxylic acids is 1. The van der Waals surface area contributed by atoms with E-state index in [1.807, 2.05) is 44.2 Å². The predicted octanol–water partition coefficient (Wildman–Crippen LogP) is 3.08. The molecule has 0 radical (unpaired) electrons. The van der Waals surface area contributed by atoms with Crippen molar-refractivity contribution in [2.45, 2.75) is 25.3 Å². The lowest BCUT2D eigenvalue weighted by molar-refractivity contribution is -0.141. The van der Waals surface area contributed by atoms with E-state index in [0.29, 0.717) is 12.2 Å². The van der Waals surface area contributed by atoms with Crippen molar-refractivity contribution in [2.24, 2.45) is 5.41 Å². The zero-order chi connectivity index (χ0) is 21.4. The van der Waals surface area contributed by atoms with E-state index in [9.17, 15) is 13.2 Å². The summed E-state index contributed by atoms with van der Waals surface area (Å²) in [7, 11) is -3.66. The van der Waals surface area contributed by atoms with Gasteiger partial charge in [0.2, 0.25) is 10.0 Å². The van der Waals surface area contributed by atoms with Gasteiger partial charge in [-0.25, -0.2) is 13.2 Å². The third-order valence-corrected chi connectivity index (χ3v) is 7.54. The first kappa shape index (κ1) is 20.8. The lowest BCUT2D eigenvalue weighted by atomic mass is 9.81. The Labute approximate surface area is 177 Å². The Kier molecular flexibility index (Phi) is 5.53. The molecule has 6 nitrogen and oxygen atoms in total. The van der Waals surface area contributed by atoms with Crippen LogP contribution in [0.3, 0.4) is 0 Å². The number of aryl methyl sites for hydroxylation is 1. The number of ether oxygens (including phenoxy) is 2. The van der Waals surface area contributed by atoms with Crippen LogP contribution < -0.4 is 0 Å². The van der Waals surface area contributed by atoms with Crippen LogP contribution in [-0.2, 0) is 30.9 Å². The standard InChI is InChI=1S/C23H25NO5S/c1-17-8-10-19(11-9-17)30(26,27)24-12-21-20(14-28-16-23(21,2)15-24)22(25)29-13-18-6-4-3-5-7-18/h3-11H,12-16H2,1-2H3. The second-order valence-corrected chi connectivity index (χ2v) is 10.1. The molecule has 30 heavy (non-hydrogen) atoms. The molecule has 0 bridgehead atoms. The van der Waals surface area contributed by atoms with Gasteiger partial charge in [-0.05, 0) is 30.2 Å². The lowest BCUT2D eigenvalue weighted by Crippen LogP contribution is -2.36. The third kappa shape index (κ3) is 3.93. The molecule has 2 aliphatic heterocycles. The van der Waals surface area contributed by atoms with Crippen LogP contribution in [0.4, 0.5) is 0 Å². The van der Waals surface area contributed by atoms with E-state index < -0.39 is 21.4 Å². The Balaban J connectivity index is 1.58. The molecule has 0 aliphatic carbocycles. The van der Waals surface area contributed by atoms with E-state index in [-0.39, 0.29) is 31.2 Å². The van der Waals surface area contributed by atoms with Crippen molar-refractivity contribution >= 4 is 16.0 Å². The first-order valence-electron chi connectivity index (χ1n) is 9.88. The van der Waals surface area contributed by atoms with Crippen LogP contribution in [0, 0.1) is 12.3 Å². The van der Waals surface area contributed by atoms with Crippen LogP contribution in [0.2, 0.25) is 0 Å². The quantitative estimate of drug-likeness (QED) is 0.686. The first-order valence-corrected chi connectivity index (χ1v) is 11.3. The highest BCUT2D eigenvalue weighted by Crippen LogP contribution is 2.42. The molecule has 1 atom stereocenters. The normalized spacial score (nSPS) is 22.1. The monoisotopic (exact) mass is 427 g/mol. The molecular weight excluding hydrogens is 402 g/mol. The van der Waals surface area contributed by atoms with Gasteiger partial charge in [0.15, 0.2) is 0 Å². The summed E-state index contributed by atoms with van der Waals surface area (Å²) in [4.78, 5) is 13.0. The largest absolute Gasteiger partial charge is 0.457 e. The van der Waals surface area contributed by atoms with Crippen molar-refractivity contribution in [3.05, 3.63) is 76.9 Å². The summed E-state index contributed by atoms with van der Waals surface area (Å²) in [5, 5.41) is 0. The molecule has 0 amide bonds. The summed E-state index contributed by atoms with van der Waals surface area (Å²) in [6.45, 7) is 4.97. The molecular formula is C23H25NO5S. The van der Waals surface area contributed by atoms with Crippen LogP contribution in [0.1, 0.15) is 18.1 Å². The number of carbonyl (C=O) groups is 1. The predicted molar refractivity (Wildman–Crippen MR) is 112 cm³/mol. The molecule has 2 heterocycles. The minimum atomic E-state index is -3.66. The Morgan fingerprint density at radius 2 is 1.83 bits per heavy atom. The van der Waals surface area contributed by atoms with E-state index in [0.717, 1.165) is 16.7 Å². The Morgan fingerprint density at radius 3 is 2.53 bits per heavy atom. The summed E-state index contributed by atoms with van der Waals surface area (Å²) >= 11 is 0. The van der Waals surface area contributed by atoms with Crippen LogP contribution in [0.15, 0.2) is 70.6 Å². The fourth-order valence-corrected chi connectivity index (χ4v) is 5.52. The molecule has 2 aromatic rings. The zero-order valence-electron chi connectivity index (χ0n) is 17.1. The van der Waals surface area contributed by atoms with E-state index >= 15 is 0 Å². The SMILES string of the molecule is Cc1ccc(S(=O)(=O)N2CC3=C(C(=O)OCc4ccccc4)COCC3(C)C2)cc1. The summed E-state index contributed by atoms with van der Waals surface area (Å²) in [6.07, 6.45) is 0. The molecule has 7 heteroatoms. The van der Waals surface area contributed by atoms with Crippen molar-refractivity contribution in [3.63, 3.8) is 0 Å². The Hall–Kier alpha value is -2.48. The van der Waals surface area contributed by atoms with E-state index in [4.69, 9.17) is 9.47 Å². The van der Waals surface area contributed by atoms with E-state index in [2.05, 4.69) is 0 Å². The molecule has 0 N–H and O–H groups in total. The number of hydrogen-bond acceptors (Lipinski definition) is 5. The van der Waals surface area contributed by atoms with Crippen molar-refractivity contribution in [1.82, 2.24) is 4.31 Å². The van der Waals surface area contributed by atoms with Crippen molar-refractivity contribution in [3.8, 4) is 0 Å². The number of rotatable bonds is 5. The fourth-order valence-electron chi connectivity index (χ4n) is 3.99. The highest BCUT2D eigenvalue weighted by Gasteiger charge is 2.48. The van der Waals surface area contributed by atoms with Gasteiger partial charge in [-0.2, -0.15) is 4.31 Å². The number of nitrogens with zero attached hydrogens (tertiary/aromatic N) is 1. The number of benzene rings is 2. The van der Waals surface area contributed by atoms with Crippen molar-refractivity contribution < 1.29 is 22.7 Å². The van der Waals surface area contributed by atoms with Gasteiger partial charge in [-0.3, -0.25) is 0 Å². The average Bonchev–Trinajstić information content (AvgIpc) is 3.11. The molecule has 2 aliphatic rings. The molecule has 0 aromatic heterocycles. The molecule has 0 saturated carbocycles. The molecule has 1 fully saturated rings. The second kappa shape index (κ2) is 7.98. The maximum absolute atomic E-state index is 13.2. The Morgan fingerprint density at radius 1 is 1.13 bits per heavy atom. The lowest BCUT2D eigenvalue weighted by Gasteiger charge is -2.31. The number of fused-ring (bicyclic) bond motifs is 1. The minimum absolute atomic E-state index is 0.136. The molecule has 1 saturated heterocycles. The maximum atomic E-state index is 13.2. The van der Waals surface area contributed by atoms with Crippen LogP contribution in [0.5, 0.6) is 0 Å². The van der Waals surface area contributed by atoms with Crippen LogP contribution >= 0.6 is 0 Å². The van der Waals surface area contributed by atoms with Gasteiger partial charge in [0.25, 0.3) is 0 Å². The zero-order valence-corrected chi connectivity index (χ0v) is 17.9. The van der Waals surface area contributed by atoms with Gasteiger partial charge in [-0.15, -0.1) is 0 Å². The average molecular weight is 428 g/mol. The second-order valence-electron chi connectivity index (χ2n) is 8.16. The number of esters is 1. The summed E-state index contributed by atoms with van der Waals surface area (Å²) in [5.41, 5.74) is 2.57. The smallest absolute Gasteiger partial charge is 0.336 e. The highest BCUT2D eigenvalue weighted by atomic mass is 32.2. The van der Waals surface area contributed by atoms with Crippen LogP contribution in [-0.4, -0.2) is 45.0 Å². The maximum Gasteiger partial charge on any atom is 0.336 e. The molecule has 4 rings (SSSR count). The summed E-state index contributed by atoms with van der Waals surface area (Å²) in [6, 6.07) is 16.3. The summed E-state index contributed by atoms with van der Waals surface area (Å²) < 4.78 is 38.9. The first-order chi connectivity index (χ1) is 14.3. The van der Waals surface area contributed by atoms with Crippen molar-refractivity contribution in [2.75, 3.05) is 26.3 Å². The fraction of sp³-hybridized carbons (Fsp3) is 0.348. The van der Waals surface area contributed by atoms with Gasteiger partial charge in [-0.1, -0.05) is 55.0 Å². The van der Waals surface area contributed by atoms with Gasteiger partial charge < -0.3 is 9.47 Å². The topological polar surface area (TPSA) is 72.9 Å². The van der Waals surface area contributed by atoms with Gasteiger partial charge in [0.1, 0.15) is 6.61 Å². The van der Waals surface area contributed by atoms with Crippen molar-refractivity contribution in [1.29, 1.82) is 0 Å². The van der Waals surface area contributed by atoms with Gasteiger partial charge >= 0.3 is 5.97 Å². The third-order valence-electron chi connectivity index (χ3n) is 5.74. The number of hydrogen-bond donors (Lipinski definition) is 0.